The van der Waals surface area contributed by atoms with Crippen LogP contribution in [0.2, 0.25) is 0 Å². The van der Waals surface area contributed by atoms with Crippen molar-refractivity contribution in [3.8, 4) is 11.5 Å². The molecule has 17 heavy (non-hydrogen) atoms. The Kier molecular flexibility index (Phi) is 3.27. The maximum Gasteiger partial charge on any atom is 0.236 e. The zero-order chi connectivity index (χ0) is 12.3. The second-order valence-corrected chi connectivity index (χ2v) is 3.79. The van der Waals surface area contributed by atoms with E-state index in [1.165, 1.54) is 6.92 Å². The van der Waals surface area contributed by atoms with Crippen LogP contribution >= 0.6 is 0 Å². The molecule has 0 spiro atoms. The van der Waals surface area contributed by atoms with Gasteiger partial charge in [0, 0.05) is 6.92 Å². The molecule has 90 valence electrons. The van der Waals surface area contributed by atoms with E-state index in [-0.39, 0.29) is 12.0 Å². The van der Waals surface area contributed by atoms with Gasteiger partial charge in [0.25, 0.3) is 0 Å². The Morgan fingerprint density at radius 2 is 2.06 bits per heavy atom. The van der Waals surface area contributed by atoms with E-state index in [4.69, 9.17) is 9.47 Å². The van der Waals surface area contributed by atoms with Gasteiger partial charge < -0.3 is 9.47 Å². The van der Waals surface area contributed by atoms with Gasteiger partial charge in [-0.3, -0.25) is 4.79 Å². The fourth-order valence-electron chi connectivity index (χ4n) is 1.46. The largest absolute Gasteiger partial charge is 0.485 e. The molecule has 5 nitrogen and oxygen atoms in total. The number of nitrogens with one attached hydrogen (secondary N) is 1. The first-order valence-corrected chi connectivity index (χ1v) is 5.36. The van der Waals surface area contributed by atoms with E-state index in [2.05, 4.69) is 10.5 Å². The van der Waals surface area contributed by atoms with Crippen molar-refractivity contribution < 1.29 is 14.3 Å². The van der Waals surface area contributed by atoms with Crippen molar-refractivity contribution in [1.29, 1.82) is 0 Å². The van der Waals surface area contributed by atoms with Gasteiger partial charge in [-0.05, 0) is 19.1 Å². The van der Waals surface area contributed by atoms with E-state index >= 15 is 0 Å². The number of carbonyl (C=O) groups is 1. The van der Waals surface area contributed by atoms with Gasteiger partial charge in [0.05, 0.1) is 5.71 Å². The van der Waals surface area contributed by atoms with Gasteiger partial charge in [0.15, 0.2) is 17.6 Å². The predicted molar refractivity (Wildman–Crippen MR) is 63.3 cm³/mol. The molecule has 1 atom stereocenters. The summed E-state index contributed by atoms with van der Waals surface area (Å²) in [6.45, 7) is 3.59. The highest BCUT2D eigenvalue weighted by Crippen LogP contribution is 2.31. The minimum atomic E-state index is -0.267. The summed E-state index contributed by atoms with van der Waals surface area (Å²) in [5, 5.41) is 3.93. The normalized spacial score (nSPS) is 18.7. The fourth-order valence-corrected chi connectivity index (χ4v) is 1.46. The van der Waals surface area contributed by atoms with Gasteiger partial charge in [-0.25, -0.2) is 5.43 Å². The molecule has 1 amide bonds. The van der Waals surface area contributed by atoms with Crippen molar-refractivity contribution in [3.63, 3.8) is 0 Å². The van der Waals surface area contributed by atoms with Gasteiger partial charge in [0.1, 0.15) is 6.61 Å². The van der Waals surface area contributed by atoms with E-state index in [9.17, 15) is 4.79 Å². The van der Waals surface area contributed by atoms with Crippen molar-refractivity contribution in [2.45, 2.75) is 20.0 Å². The zero-order valence-corrected chi connectivity index (χ0v) is 9.77. The molecule has 0 saturated heterocycles. The number of benzene rings is 1. The number of carbonyl (C=O) groups excluding carboxylic acids is 1. The first-order chi connectivity index (χ1) is 8.16. The third kappa shape index (κ3) is 2.75. The first kappa shape index (κ1) is 11.4. The van der Waals surface area contributed by atoms with Gasteiger partial charge in [0.2, 0.25) is 5.91 Å². The summed E-state index contributed by atoms with van der Waals surface area (Å²) < 4.78 is 11.3. The van der Waals surface area contributed by atoms with Crippen molar-refractivity contribution in [2.75, 3.05) is 6.61 Å². The quantitative estimate of drug-likeness (QED) is 0.620. The SMILES string of the molecule is CC(=O)N/N=C(\C)[C@H]1COc2ccccc2O1. The van der Waals surface area contributed by atoms with Crippen LogP contribution in [0.1, 0.15) is 13.8 Å². The lowest BCUT2D eigenvalue weighted by atomic mass is 10.2. The van der Waals surface area contributed by atoms with Gasteiger partial charge in [-0.15, -0.1) is 0 Å². The number of hydrogen-bond acceptors (Lipinski definition) is 4. The molecule has 2 rings (SSSR count). The standard InChI is InChI=1S/C12H14N2O3/c1-8(13-14-9(2)15)12-7-16-10-5-3-4-6-11(10)17-12/h3-6,12H,7H2,1-2H3,(H,14,15)/b13-8+/t12-/m1/s1. The van der Waals surface area contributed by atoms with Crippen molar-refractivity contribution >= 4 is 11.6 Å². The summed E-state index contributed by atoms with van der Waals surface area (Å²) in [7, 11) is 0. The summed E-state index contributed by atoms with van der Waals surface area (Å²) in [5.74, 6) is 1.22. The first-order valence-electron chi connectivity index (χ1n) is 5.36. The highest BCUT2D eigenvalue weighted by atomic mass is 16.6. The Morgan fingerprint density at radius 3 is 2.76 bits per heavy atom. The lowest BCUT2D eigenvalue weighted by Gasteiger charge is -2.26. The Labute approximate surface area is 99.4 Å². The third-order valence-electron chi connectivity index (χ3n) is 2.36. The molecule has 1 heterocycles. The van der Waals surface area contributed by atoms with E-state index < -0.39 is 0 Å². The molecule has 0 fully saturated rings. The number of hydrogen-bond donors (Lipinski definition) is 1. The molecule has 1 aliphatic rings. The maximum atomic E-state index is 10.7. The van der Waals surface area contributed by atoms with E-state index in [0.29, 0.717) is 18.1 Å². The molecule has 0 aliphatic carbocycles. The van der Waals surface area contributed by atoms with Gasteiger partial charge >= 0.3 is 0 Å². The minimum Gasteiger partial charge on any atom is -0.485 e. The van der Waals surface area contributed by atoms with Crippen LogP contribution in [-0.4, -0.2) is 24.3 Å². The summed E-state index contributed by atoms with van der Waals surface area (Å²) in [4.78, 5) is 10.7. The Morgan fingerprint density at radius 1 is 1.35 bits per heavy atom. The van der Waals surface area contributed by atoms with Crippen LogP contribution in [0, 0.1) is 0 Å². The van der Waals surface area contributed by atoms with E-state index in [1.807, 2.05) is 24.3 Å². The number of ether oxygens (including phenoxy) is 2. The lowest BCUT2D eigenvalue weighted by Crippen LogP contribution is -2.36. The number of hydrazone groups is 1. The molecule has 1 aromatic rings. The van der Waals surface area contributed by atoms with E-state index in [1.54, 1.807) is 6.92 Å². The molecule has 1 N–H and O–H groups in total. The second kappa shape index (κ2) is 4.86. The van der Waals surface area contributed by atoms with Gasteiger partial charge in [-0.1, -0.05) is 12.1 Å². The van der Waals surface area contributed by atoms with Crippen molar-refractivity contribution in [3.05, 3.63) is 24.3 Å². The minimum absolute atomic E-state index is 0.207. The molecule has 1 aromatic carbocycles. The summed E-state index contributed by atoms with van der Waals surface area (Å²) in [6.07, 6.45) is -0.267. The third-order valence-corrected chi connectivity index (χ3v) is 2.36. The number of fused-ring (bicyclic) bond motifs is 1. The number of amides is 1. The molecule has 0 unspecified atom stereocenters. The fraction of sp³-hybridized carbons (Fsp3) is 0.333. The Bertz CT molecular complexity index is 457. The average Bonchev–Trinajstić information content (AvgIpc) is 2.35. The van der Waals surface area contributed by atoms with Gasteiger partial charge in [-0.2, -0.15) is 5.10 Å². The van der Waals surface area contributed by atoms with E-state index in [0.717, 1.165) is 5.75 Å². The zero-order valence-electron chi connectivity index (χ0n) is 9.77. The molecular weight excluding hydrogens is 220 g/mol. The highest BCUT2D eigenvalue weighted by Gasteiger charge is 2.22. The van der Waals surface area contributed by atoms with Crippen LogP contribution in [0.3, 0.4) is 0 Å². The number of nitrogens with zero attached hydrogens (tertiary/aromatic N) is 1. The van der Waals surface area contributed by atoms with Crippen LogP contribution in [0.5, 0.6) is 11.5 Å². The molecule has 5 heteroatoms. The lowest BCUT2D eigenvalue weighted by molar-refractivity contribution is -0.118. The monoisotopic (exact) mass is 234 g/mol. The number of para-hydroxylation sites is 2. The number of rotatable bonds is 2. The highest BCUT2D eigenvalue weighted by molar-refractivity contribution is 5.88. The Hall–Kier alpha value is -2.04. The van der Waals surface area contributed by atoms with Crippen LogP contribution in [0.15, 0.2) is 29.4 Å². The van der Waals surface area contributed by atoms with Crippen LogP contribution < -0.4 is 14.9 Å². The predicted octanol–water partition coefficient (Wildman–Crippen LogP) is 1.34. The molecule has 0 saturated carbocycles. The average molecular weight is 234 g/mol. The Balaban J connectivity index is 2.07. The second-order valence-electron chi connectivity index (χ2n) is 3.79. The van der Waals surface area contributed by atoms with Crippen molar-refractivity contribution in [2.24, 2.45) is 5.10 Å². The van der Waals surface area contributed by atoms with Crippen molar-refractivity contribution in [1.82, 2.24) is 5.43 Å². The molecule has 0 aromatic heterocycles. The molecule has 1 aliphatic heterocycles. The summed E-state index contributed by atoms with van der Waals surface area (Å²) >= 11 is 0. The smallest absolute Gasteiger partial charge is 0.236 e. The summed E-state index contributed by atoms with van der Waals surface area (Å²) in [6, 6.07) is 7.46. The molecule has 0 bridgehead atoms. The van der Waals surface area contributed by atoms with Crippen LogP contribution in [-0.2, 0) is 4.79 Å². The molecule has 0 radical (unpaired) electrons. The van der Waals surface area contributed by atoms with Crippen LogP contribution in [0.4, 0.5) is 0 Å². The topological polar surface area (TPSA) is 59.9 Å². The maximum absolute atomic E-state index is 10.7. The molecular formula is C12H14N2O3. The summed E-state index contributed by atoms with van der Waals surface area (Å²) in [5.41, 5.74) is 3.06. The van der Waals surface area contributed by atoms with Crippen LogP contribution in [0.25, 0.3) is 0 Å².